The van der Waals surface area contributed by atoms with Crippen molar-refractivity contribution in [1.82, 2.24) is 19.9 Å². The molecular formula is C52H38N5+. The van der Waals surface area contributed by atoms with E-state index in [2.05, 4.69) is 210 Å². The van der Waals surface area contributed by atoms with E-state index in [-0.39, 0.29) is 0 Å². The number of aryl methyl sites for hydroxylation is 1. The molecule has 0 saturated carbocycles. The van der Waals surface area contributed by atoms with E-state index in [0.29, 0.717) is 0 Å². The molecule has 4 aromatic heterocycles. The minimum Gasteiger partial charge on any atom is -0.354 e. The maximum absolute atomic E-state index is 5.62. The first-order chi connectivity index (χ1) is 28.2. The average Bonchev–Trinajstić information content (AvgIpc) is 4.10. The molecule has 0 aliphatic carbocycles. The third-order valence-electron chi connectivity index (χ3n) is 10.6. The molecule has 5 heteroatoms. The lowest BCUT2D eigenvalue weighted by atomic mass is 9.99. The van der Waals surface area contributed by atoms with Gasteiger partial charge in [0.05, 0.1) is 22.8 Å². The number of rotatable bonds is 6. The van der Waals surface area contributed by atoms with E-state index in [1.807, 2.05) is 11.6 Å². The van der Waals surface area contributed by atoms with Gasteiger partial charge in [-0.1, -0.05) is 133 Å². The number of aromatic nitrogens is 5. The average molecular weight is 733 g/mol. The zero-order valence-electron chi connectivity index (χ0n) is 31.4. The first-order valence-electron chi connectivity index (χ1n) is 19.2. The van der Waals surface area contributed by atoms with E-state index in [9.17, 15) is 0 Å². The van der Waals surface area contributed by atoms with Gasteiger partial charge in [-0.2, -0.15) is 0 Å². The molecular weight excluding hydrogens is 695 g/mol. The lowest BCUT2D eigenvalue weighted by molar-refractivity contribution is -0.671. The first kappa shape index (κ1) is 33.9. The fourth-order valence-corrected chi connectivity index (χ4v) is 7.88. The van der Waals surface area contributed by atoms with Crippen molar-refractivity contribution in [2.24, 2.45) is 7.05 Å². The number of hydrogen-bond donors (Lipinski definition) is 2. The molecule has 270 valence electrons. The lowest BCUT2D eigenvalue weighted by Crippen LogP contribution is -2.25. The smallest absolute Gasteiger partial charge is 0.169 e. The maximum Gasteiger partial charge on any atom is 0.169 e. The predicted octanol–water partition coefficient (Wildman–Crippen LogP) is 12.2. The molecule has 0 radical (unpaired) electrons. The Bertz CT molecular complexity index is 3030. The number of pyridine rings is 1. The monoisotopic (exact) mass is 732 g/mol. The Balaban J connectivity index is 1.39. The van der Waals surface area contributed by atoms with Gasteiger partial charge in [0, 0.05) is 62.0 Å². The van der Waals surface area contributed by atoms with Gasteiger partial charge in [0.1, 0.15) is 7.05 Å². The summed E-state index contributed by atoms with van der Waals surface area (Å²) in [5, 5.41) is 0. The van der Waals surface area contributed by atoms with Gasteiger partial charge in [-0.05, 0) is 70.3 Å². The van der Waals surface area contributed by atoms with Gasteiger partial charge in [-0.3, -0.25) is 0 Å². The highest BCUT2D eigenvalue weighted by molar-refractivity contribution is 6.04. The number of fused-ring (bicyclic) bond motifs is 8. The van der Waals surface area contributed by atoms with Crippen LogP contribution in [0.1, 0.15) is 28.3 Å². The molecule has 0 fully saturated rings. The Labute approximate surface area is 331 Å². The van der Waals surface area contributed by atoms with E-state index < -0.39 is 0 Å². The standard InChI is InChI=1S/C52H37N5/c1-57-32-30-35(31-33-57)22-23-40-34-47-50(38-18-10-4-11-19-38)45-27-26-43(54-45)48(36-14-6-2-7-15-36)41-24-25-42(53-41)49(37-16-8-3-9-17-37)44-28-29-46(55-44)51(52(40)56-47)39-20-12-5-13-21-39/h2-34H,1H3,(H,53,54,55,56)/p+1. The molecule has 2 N–H and O–H groups in total. The quantitative estimate of drug-likeness (QED) is 0.167. The summed E-state index contributed by atoms with van der Waals surface area (Å²) in [7, 11) is 2.03. The Morgan fingerprint density at radius 2 is 0.825 bits per heavy atom. The van der Waals surface area contributed by atoms with E-state index in [0.717, 1.165) is 100 Å². The van der Waals surface area contributed by atoms with Gasteiger partial charge in [0.2, 0.25) is 0 Å². The highest BCUT2D eigenvalue weighted by Gasteiger charge is 2.21. The Morgan fingerprint density at radius 3 is 1.28 bits per heavy atom. The summed E-state index contributed by atoms with van der Waals surface area (Å²) in [5.41, 5.74) is 18.0. The van der Waals surface area contributed by atoms with Crippen LogP contribution < -0.4 is 4.57 Å². The minimum absolute atomic E-state index is 0.877. The van der Waals surface area contributed by atoms with Gasteiger partial charge < -0.3 is 9.97 Å². The number of hydrogen-bond acceptors (Lipinski definition) is 2. The van der Waals surface area contributed by atoms with Gasteiger partial charge in [-0.25, -0.2) is 14.5 Å². The molecule has 0 saturated heterocycles. The Hall–Kier alpha value is -7.63. The largest absolute Gasteiger partial charge is 0.354 e. The lowest BCUT2D eigenvalue weighted by Gasteiger charge is -2.08. The molecule has 2 aliphatic heterocycles. The summed E-state index contributed by atoms with van der Waals surface area (Å²) in [5.74, 6) is 0. The normalized spacial score (nSPS) is 12.3. The van der Waals surface area contributed by atoms with Crippen LogP contribution in [0.3, 0.4) is 0 Å². The molecule has 0 atom stereocenters. The van der Waals surface area contributed by atoms with Crippen molar-refractivity contribution >= 4 is 51.9 Å². The van der Waals surface area contributed by atoms with Gasteiger partial charge in [-0.15, -0.1) is 0 Å². The Morgan fingerprint density at radius 1 is 0.421 bits per heavy atom. The molecule has 8 bridgehead atoms. The third kappa shape index (κ3) is 6.51. The summed E-state index contributed by atoms with van der Waals surface area (Å²) >= 11 is 0. The highest BCUT2D eigenvalue weighted by atomic mass is 14.9. The molecule has 0 spiro atoms. The fourth-order valence-electron chi connectivity index (χ4n) is 7.88. The van der Waals surface area contributed by atoms with Crippen LogP contribution in [0.4, 0.5) is 0 Å². The van der Waals surface area contributed by atoms with Crippen molar-refractivity contribution < 1.29 is 4.57 Å². The molecule has 0 amide bonds. The van der Waals surface area contributed by atoms with Crippen molar-refractivity contribution in [3.63, 3.8) is 0 Å². The van der Waals surface area contributed by atoms with Crippen molar-refractivity contribution in [1.29, 1.82) is 0 Å². The minimum atomic E-state index is 0.877. The summed E-state index contributed by atoms with van der Waals surface area (Å²) in [6, 6.07) is 55.2. The van der Waals surface area contributed by atoms with Crippen LogP contribution in [0, 0.1) is 0 Å². The summed E-state index contributed by atoms with van der Waals surface area (Å²) in [6.45, 7) is 0. The first-order valence-corrected chi connectivity index (χ1v) is 19.2. The van der Waals surface area contributed by atoms with Crippen LogP contribution in [0.5, 0.6) is 0 Å². The predicted molar refractivity (Wildman–Crippen MR) is 236 cm³/mol. The molecule has 57 heavy (non-hydrogen) atoms. The van der Waals surface area contributed by atoms with E-state index in [1.165, 1.54) is 0 Å². The second-order valence-electron chi connectivity index (χ2n) is 14.3. The molecule has 5 nitrogen and oxygen atoms in total. The van der Waals surface area contributed by atoms with E-state index in [4.69, 9.17) is 9.97 Å². The van der Waals surface area contributed by atoms with Crippen LogP contribution in [0.2, 0.25) is 0 Å². The van der Waals surface area contributed by atoms with Crippen molar-refractivity contribution in [3.05, 3.63) is 205 Å². The molecule has 8 aromatic rings. The Kier molecular flexibility index (Phi) is 8.65. The van der Waals surface area contributed by atoms with Crippen LogP contribution in [-0.2, 0) is 7.05 Å². The number of benzene rings is 4. The number of allylic oxidation sites excluding steroid dienone is 2. The molecule has 6 heterocycles. The maximum atomic E-state index is 5.62. The zero-order valence-corrected chi connectivity index (χ0v) is 31.4. The van der Waals surface area contributed by atoms with Gasteiger partial charge in [0.15, 0.2) is 12.4 Å². The second-order valence-corrected chi connectivity index (χ2v) is 14.3. The molecule has 2 aliphatic rings. The van der Waals surface area contributed by atoms with E-state index in [1.54, 1.807) is 0 Å². The van der Waals surface area contributed by atoms with Gasteiger partial charge >= 0.3 is 0 Å². The molecule has 0 unspecified atom stereocenters. The van der Waals surface area contributed by atoms with Crippen LogP contribution >= 0.6 is 0 Å². The molecule has 4 aromatic carbocycles. The van der Waals surface area contributed by atoms with Crippen LogP contribution in [0.15, 0.2) is 176 Å². The van der Waals surface area contributed by atoms with E-state index >= 15 is 0 Å². The highest BCUT2D eigenvalue weighted by Crippen LogP contribution is 2.40. The molecule has 10 rings (SSSR count). The van der Waals surface area contributed by atoms with Crippen molar-refractivity contribution in [3.8, 4) is 44.5 Å². The number of H-pyrrole nitrogens is 2. The summed E-state index contributed by atoms with van der Waals surface area (Å²) in [6.07, 6.45) is 15.0. The SMILES string of the molecule is C[n+]1ccc(/C=C/C2=Cc3nc2c(-c2ccccc2)c2ccc([nH]2)c(-c2ccccc2)c2nc(c(-c4ccccc4)c4ccc([nH]4)c3-c3ccccc3)C=C2)cc1. The second kappa shape index (κ2) is 14.5. The number of aromatic amines is 2. The van der Waals surface area contributed by atoms with Crippen molar-refractivity contribution in [2.75, 3.05) is 0 Å². The van der Waals surface area contributed by atoms with Crippen LogP contribution in [-0.4, -0.2) is 19.9 Å². The zero-order chi connectivity index (χ0) is 38.1. The number of nitrogens with zero attached hydrogens (tertiary/aromatic N) is 3. The summed E-state index contributed by atoms with van der Waals surface area (Å²) in [4.78, 5) is 18.8. The van der Waals surface area contributed by atoms with Gasteiger partial charge in [0.25, 0.3) is 0 Å². The topological polar surface area (TPSA) is 61.2 Å². The van der Waals surface area contributed by atoms with Crippen LogP contribution in [0.25, 0.3) is 96.5 Å². The number of nitrogens with one attached hydrogen (secondary N) is 2. The fraction of sp³-hybridized carbons (Fsp3) is 0.0192. The summed E-state index contributed by atoms with van der Waals surface area (Å²) < 4.78 is 2.05. The van der Waals surface area contributed by atoms with Crippen molar-refractivity contribution in [2.45, 2.75) is 0 Å². The third-order valence-corrected chi connectivity index (χ3v) is 10.6.